The highest BCUT2D eigenvalue weighted by Gasteiger charge is 2.17. The van der Waals surface area contributed by atoms with Crippen LogP contribution >= 0.6 is 0 Å². The maximum atomic E-state index is 13.4. The average Bonchev–Trinajstić information content (AvgIpc) is 2.46. The zero-order chi connectivity index (χ0) is 15.5. The maximum absolute atomic E-state index is 13.4. The van der Waals surface area contributed by atoms with E-state index in [9.17, 15) is 12.8 Å². The van der Waals surface area contributed by atoms with Gasteiger partial charge in [0.25, 0.3) is 0 Å². The highest BCUT2D eigenvalue weighted by molar-refractivity contribution is 7.89. The molecular weight excluding hydrogens is 293 g/mol. The molecule has 6 heteroatoms. The Morgan fingerprint density at radius 1 is 1.10 bits per heavy atom. The number of benzene rings is 2. The first kappa shape index (κ1) is 15.5. The third-order valence-corrected chi connectivity index (χ3v) is 4.72. The Bertz CT molecular complexity index is 729. The molecule has 0 saturated heterocycles. The van der Waals surface area contributed by atoms with Crippen molar-refractivity contribution in [2.45, 2.75) is 11.5 Å². The lowest BCUT2D eigenvalue weighted by Gasteiger charge is -2.12. The van der Waals surface area contributed by atoms with Gasteiger partial charge in [0.15, 0.2) is 11.6 Å². The van der Waals surface area contributed by atoms with E-state index in [1.807, 2.05) is 0 Å². The molecule has 2 aromatic rings. The lowest BCUT2D eigenvalue weighted by Crippen LogP contribution is -2.22. The van der Waals surface area contributed by atoms with Gasteiger partial charge >= 0.3 is 0 Å². The minimum atomic E-state index is -3.49. The summed E-state index contributed by atoms with van der Waals surface area (Å²) >= 11 is 0. The molecule has 0 fully saturated rings. The SMILES string of the molecule is CN(C)S(=O)(=O)c1cccc(COc2ccccc2F)c1. The van der Waals surface area contributed by atoms with Crippen molar-refractivity contribution in [1.29, 1.82) is 0 Å². The summed E-state index contributed by atoms with van der Waals surface area (Å²) in [6.45, 7) is 0.0950. The van der Waals surface area contributed by atoms with Crippen molar-refractivity contribution >= 4 is 10.0 Å². The summed E-state index contributed by atoms with van der Waals surface area (Å²) in [5.74, 6) is -0.312. The highest BCUT2D eigenvalue weighted by atomic mass is 32.2. The molecule has 0 amide bonds. The van der Waals surface area contributed by atoms with Crippen molar-refractivity contribution < 1.29 is 17.5 Å². The second-order valence-electron chi connectivity index (χ2n) is 4.65. The van der Waals surface area contributed by atoms with Crippen LogP contribution in [0.25, 0.3) is 0 Å². The Morgan fingerprint density at radius 2 is 1.81 bits per heavy atom. The molecule has 0 atom stereocenters. The van der Waals surface area contributed by atoms with Crippen LogP contribution in [0, 0.1) is 5.82 Å². The van der Waals surface area contributed by atoms with Gasteiger partial charge in [-0.15, -0.1) is 0 Å². The molecule has 0 spiro atoms. The summed E-state index contributed by atoms with van der Waals surface area (Å²) in [4.78, 5) is 0.183. The van der Waals surface area contributed by atoms with E-state index in [4.69, 9.17) is 4.74 Å². The smallest absolute Gasteiger partial charge is 0.242 e. The Balaban J connectivity index is 2.18. The van der Waals surface area contributed by atoms with E-state index in [1.54, 1.807) is 24.3 Å². The molecular formula is C15H16FNO3S. The van der Waals surface area contributed by atoms with Crippen LogP contribution in [0.2, 0.25) is 0 Å². The van der Waals surface area contributed by atoms with Gasteiger partial charge in [0.1, 0.15) is 6.61 Å². The molecule has 0 radical (unpaired) electrons. The molecule has 112 valence electrons. The number of nitrogens with zero attached hydrogens (tertiary/aromatic N) is 1. The fraction of sp³-hybridized carbons (Fsp3) is 0.200. The Morgan fingerprint density at radius 3 is 2.48 bits per heavy atom. The fourth-order valence-electron chi connectivity index (χ4n) is 1.73. The zero-order valence-electron chi connectivity index (χ0n) is 11.8. The number of sulfonamides is 1. The minimum absolute atomic E-state index is 0.0950. The average molecular weight is 309 g/mol. The summed E-state index contributed by atoms with van der Waals surface area (Å²) in [6, 6.07) is 12.5. The largest absolute Gasteiger partial charge is 0.486 e. The predicted octanol–water partition coefficient (Wildman–Crippen LogP) is 2.66. The zero-order valence-corrected chi connectivity index (χ0v) is 12.6. The third kappa shape index (κ3) is 3.59. The molecule has 0 aromatic heterocycles. The van der Waals surface area contributed by atoms with Crippen molar-refractivity contribution in [3.05, 3.63) is 59.9 Å². The monoisotopic (exact) mass is 309 g/mol. The molecule has 2 aromatic carbocycles. The van der Waals surface area contributed by atoms with Gasteiger partial charge in [0.05, 0.1) is 4.90 Å². The van der Waals surface area contributed by atoms with Crippen LogP contribution in [0.3, 0.4) is 0 Å². The summed E-state index contributed by atoms with van der Waals surface area (Å²) in [7, 11) is -0.547. The van der Waals surface area contributed by atoms with E-state index in [-0.39, 0.29) is 17.3 Å². The molecule has 4 nitrogen and oxygen atoms in total. The van der Waals surface area contributed by atoms with E-state index in [0.29, 0.717) is 5.56 Å². The van der Waals surface area contributed by atoms with E-state index < -0.39 is 15.8 Å². The van der Waals surface area contributed by atoms with Gasteiger partial charge in [-0.3, -0.25) is 0 Å². The van der Waals surface area contributed by atoms with E-state index in [0.717, 1.165) is 4.31 Å². The molecule has 0 heterocycles. The molecule has 0 aliphatic rings. The molecule has 0 bridgehead atoms. The predicted molar refractivity (Wildman–Crippen MR) is 78.0 cm³/mol. The van der Waals surface area contributed by atoms with Crippen LogP contribution in [0.15, 0.2) is 53.4 Å². The van der Waals surface area contributed by atoms with E-state index >= 15 is 0 Å². The van der Waals surface area contributed by atoms with Gasteiger partial charge in [-0.25, -0.2) is 17.1 Å². The Hall–Kier alpha value is -1.92. The first-order valence-corrected chi connectivity index (χ1v) is 7.74. The van der Waals surface area contributed by atoms with Gasteiger partial charge < -0.3 is 4.74 Å². The lowest BCUT2D eigenvalue weighted by atomic mass is 10.2. The van der Waals surface area contributed by atoms with Crippen molar-refractivity contribution in [3.8, 4) is 5.75 Å². The van der Waals surface area contributed by atoms with Gasteiger partial charge in [-0.1, -0.05) is 24.3 Å². The third-order valence-electron chi connectivity index (χ3n) is 2.91. The second-order valence-corrected chi connectivity index (χ2v) is 6.81. The molecule has 0 aliphatic heterocycles. The van der Waals surface area contributed by atoms with Crippen LogP contribution in [-0.2, 0) is 16.6 Å². The topological polar surface area (TPSA) is 46.6 Å². The van der Waals surface area contributed by atoms with Crippen molar-refractivity contribution in [2.75, 3.05) is 14.1 Å². The van der Waals surface area contributed by atoms with Crippen molar-refractivity contribution in [2.24, 2.45) is 0 Å². The first-order chi connectivity index (χ1) is 9.91. The van der Waals surface area contributed by atoms with Crippen LogP contribution in [0.1, 0.15) is 5.56 Å². The molecule has 0 N–H and O–H groups in total. The Kier molecular flexibility index (Phi) is 4.59. The van der Waals surface area contributed by atoms with E-state index in [2.05, 4.69) is 0 Å². The van der Waals surface area contributed by atoms with Gasteiger partial charge in [0, 0.05) is 14.1 Å². The van der Waals surface area contributed by atoms with Crippen LogP contribution in [0.4, 0.5) is 4.39 Å². The van der Waals surface area contributed by atoms with Gasteiger partial charge in [-0.2, -0.15) is 0 Å². The summed E-state index contributed by atoms with van der Waals surface area (Å²) < 4.78 is 44.0. The van der Waals surface area contributed by atoms with Crippen LogP contribution in [0.5, 0.6) is 5.75 Å². The van der Waals surface area contributed by atoms with Crippen LogP contribution in [-0.4, -0.2) is 26.8 Å². The molecule has 2 rings (SSSR count). The second kappa shape index (κ2) is 6.24. The number of ether oxygens (including phenoxy) is 1. The first-order valence-electron chi connectivity index (χ1n) is 6.30. The highest BCUT2D eigenvalue weighted by Crippen LogP contribution is 2.19. The van der Waals surface area contributed by atoms with Gasteiger partial charge in [0.2, 0.25) is 10.0 Å². The number of rotatable bonds is 5. The fourth-order valence-corrected chi connectivity index (χ4v) is 2.70. The van der Waals surface area contributed by atoms with Crippen LogP contribution < -0.4 is 4.74 Å². The molecule has 0 aliphatic carbocycles. The number of para-hydroxylation sites is 1. The van der Waals surface area contributed by atoms with Crippen molar-refractivity contribution in [1.82, 2.24) is 4.31 Å². The van der Waals surface area contributed by atoms with Gasteiger partial charge in [-0.05, 0) is 29.8 Å². The van der Waals surface area contributed by atoms with E-state index in [1.165, 1.54) is 38.4 Å². The summed E-state index contributed by atoms with van der Waals surface area (Å²) in [5, 5.41) is 0. The normalized spacial score (nSPS) is 11.6. The Labute approximate surface area is 123 Å². The molecule has 21 heavy (non-hydrogen) atoms. The maximum Gasteiger partial charge on any atom is 0.242 e. The summed E-state index contributed by atoms with van der Waals surface area (Å²) in [5.41, 5.74) is 0.654. The quantitative estimate of drug-likeness (QED) is 0.853. The lowest BCUT2D eigenvalue weighted by molar-refractivity contribution is 0.290. The number of hydrogen-bond acceptors (Lipinski definition) is 3. The number of halogens is 1. The summed E-state index contributed by atoms with van der Waals surface area (Å²) in [6.07, 6.45) is 0. The van der Waals surface area contributed by atoms with Crippen molar-refractivity contribution in [3.63, 3.8) is 0 Å². The number of hydrogen-bond donors (Lipinski definition) is 0. The molecule has 0 saturated carbocycles. The standard InChI is InChI=1S/C15H16FNO3S/c1-17(2)21(18,19)13-7-5-6-12(10-13)11-20-15-9-4-3-8-14(15)16/h3-10H,11H2,1-2H3. The molecule has 0 unspecified atom stereocenters. The minimum Gasteiger partial charge on any atom is -0.486 e.